The number of halogens is 1. The fourth-order valence-electron chi connectivity index (χ4n) is 6.89. The third-order valence-electron chi connectivity index (χ3n) is 9.28. The number of likely N-dealkylation sites (tertiary alicyclic amines) is 1. The van der Waals surface area contributed by atoms with Gasteiger partial charge in [-0.25, -0.2) is 4.39 Å². The molecule has 1 spiro atoms. The normalized spacial score (nSPS) is 21.1. The molecule has 3 aromatic rings. The van der Waals surface area contributed by atoms with Gasteiger partial charge >= 0.3 is 0 Å². The second-order valence-corrected chi connectivity index (χ2v) is 11.8. The standard InChI is InChI=1S/C31H37FN4O3/c1-34(2)29(38)21-10-11-23-25(16-21)33-28-26(18-37)36(17-22-6-3-4-9-24(22)32)19-31(27(23)28)12-14-35(15-13-31)30(39)20-7-5-8-20/h3-4,6,9-11,16,20,26,33,37H,5,7-8,12-15,17-19H2,1-2H3. The number of piperidine rings is 1. The fraction of sp³-hybridized carbons (Fsp3) is 0.484. The van der Waals surface area contributed by atoms with E-state index in [-0.39, 0.29) is 41.6 Å². The smallest absolute Gasteiger partial charge is 0.253 e. The van der Waals surface area contributed by atoms with Crippen molar-refractivity contribution in [3.63, 3.8) is 0 Å². The molecule has 7 nitrogen and oxygen atoms in total. The third-order valence-corrected chi connectivity index (χ3v) is 9.28. The maximum atomic E-state index is 14.7. The van der Waals surface area contributed by atoms with Crippen LogP contribution in [0.5, 0.6) is 0 Å². The van der Waals surface area contributed by atoms with Gasteiger partial charge in [0.25, 0.3) is 5.91 Å². The first-order valence-corrected chi connectivity index (χ1v) is 14.1. The van der Waals surface area contributed by atoms with E-state index < -0.39 is 0 Å². The molecule has 3 heterocycles. The number of nitrogens with one attached hydrogen (secondary N) is 1. The van der Waals surface area contributed by atoms with Crippen LogP contribution >= 0.6 is 0 Å². The molecule has 0 radical (unpaired) electrons. The Hall–Kier alpha value is -3.23. The lowest BCUT2D eigenvalue weighted by Gasteiger charge is -2.50. The van der Waals surface area contributed by atoms with Gasteiger partial charge in [0, 0.05) is 79.3 Å². The molecule has 1 aromatic heterocycles. The molecule has 1 aliphatic carbocycles. The van der Waals surface area contributed by atoms with E-state index in [1.807, 2.05) is 29.2 Å². The van der Waals surface area contributed by atoms with Crippen LogP contribution < -0.4 is 0 Å². The highest BCUT2D eigenvalue weighted by molar-refractivity contribution is 5.99. The number of benzene rings is 2. The molecule has 39 heavy (non-hydrogen) atoms. The molecule has 1 unspecified atom stereocenters. The van der Waals surface area contributed by atoms with E-state index in [0.29, 0.717) is 37.3 Å². The molecule has 1 saturated heterocycles. The average Bonchev–Trinajstić information content (AvgIpc) is 3.28. The van der Waals surface area contributed by atoms with E-state index in [0.717, 1.165) is 48.7 Å². The Balaban J connectivity index is 1.41. The lowest BCUT2D eigenvalue weighted by atomic mass is 9.68. The van der Waals surface area contributed by atoms with Crippen LogP contribution in [0.4, 0.5) is 4.39 Å². The molecule has 206 valence electrons. The van der Waals surface area contributed by atoms with E-state index >= 15 is 0 Å². The van der Waals surface area contributed by atoms with Crippen molar-refractivity contribution in [3.05, 3.63) is 70.7 Å². The minimum atomic E-state index is -0.333. The summed E-state index contributed by atoms with van der Waals surface area (Å²) in [6.07, 6.45) is 4.73. The summed E-state index contributed by atoms with van der Waals surface area (Å²) >= 11 is 0. The topological polar surface area (TPSA) is 79.9 Å². The number of amides is 2. The Morgan fingerprint density at radius 3 is 2.51 bits per heavy atom. The number of aliphatic hydroxyl groups excluding tert-OH is 1. The van der Waals surface area contributed by atoms with E-state index in [1.165, 1.54) is 11.6 Å². The van der Waals surface area contributed by atoms with Crippen LogP contribution in [0.3, 0.4) is 0 Å². The van der Waals surface area contributed by atoms with Gasteiger partial charge in [0.05, 0.1) is 12.6 Å². The molecule has 2 amide bonds. The largest absolute Gasteiger partial charge is 0.394 e. The van der Waals surface area contributed by atoms with Gasteiger partial charge in [0.15, 0.2) is 0 Å². The molecule has 6 rings (SSSR count). The Morgan fingerprint density at radius 1 is 1.13 bits per heavy atom. The number of aromatic nitrogens is 1. The average molecular weight is 533 g/mol. The Kier molecular flexibility index (Phi) is 6.71. The number of fused-ring (bicyclic) bond motifs is 4. The van der Waals surface area contributed by atoms with Crippen molar-refractivity contribution in [2.75, 3.05) is 40.3 Å². The number of aromatic amines is 1. The van der Waals surface area contributed by atoms with Gasteiger partial charge in [0.1, 0.15) is 5.82 Å². The summed E-state index contributed by atoms with van der Waals surface area (Å²) in [5.74, 6) is 0.146. The number of aliphatic hydroxyl groups is 1. The van der Waals surface area contributed by atoms with Crippen LogP contribution in [0.2, 0.25) is 0 Å². The number of carbonyl (C=O) groups is 2. The van der Waals surface area contributed by atoms with Crippen LogP contribution in [0.25, 0.3) is 10.9 Å². The van der Waals surface area contributed by atoms with Crippen molar-refractivity contribution in [3.8, 4) is 0 Å². The Bertz CT molecular complexity index is 1400. The van der Waals surface area contributed by atoms with Crippen molar-refractivity contribution in [2.45, 2.75) is 50.1 Å². The van der Waals surface area contributed by atoms with Crippen LogP contribution in [0.1, 0.15) is 65.3 Å². The zero-order valence-corrected chi connectivity index (χ0v) is 22.8. The summed E-state index contributed by atoms with van der Waals surface area (Å²) in [7, 11) is 3.48. The molecule has 1 atom stereocenters. The lowest BCUT2D eigenvalue weighted by Crippen LogP contribution is -2.55. The molecule has 8 heteroatoms. The molecule has 2 fully saturated rings. The lowest BCUT2D eigenvalue weighted by molar-refractivity contribution is -0.140. The molecule has 2 aromatic carbocycles. The van der Waals surface area contributed by atoms with Crippen LogP contribution in [0, 0.1) is 11.7 Å². The van der Waals surface area contributed by atoms with Gasteiger partial charge in [-0.15, -0.1) is 0 Å². The summed E-state index contributed by atoms with van der Waals surface area (Å²) in [5.41, 5.74) is 3.93. The predicted octanol–water partition coefficient (Wildman–Crippen LogP) is 4.22. The van der Waals surface area contributed by atoms with E-state index in [2.05, 4.69) is 9.88 Å². The van der Waals surface area contributed by atoms with Gasteiger partial charge in [-0.3, -0.25) is 14.5 Å². The maximum absolute atomic E-state index is 14.7. The van der Waals surface area contributed by atoms with Gasteiger partial charge in [-0.2, -0.15) is 0 Å². The zero-order chi connectivity index (χ0) is 27.3. The zero-order valence-electron chi connectivity index (χ0n) is 22.8. The number of carbonyl (C=O) groups excluding carboxylic acids is 2. The van der Waals surface area contributed by atoms with Crippen LogP contribution in [0.15, 0.2) is 42.5 Å². The van der Waals surface area contributed by atoms with Gasteiger partial charge < -0.3 is 19.9 Å². The van der Waals surface area contributed by atoms with Crippen LogP contribution in [-0.2, 0) is 16.8 Å². The highest BCUT2D eigenvalue weighted by atomic mass is 19.1. The first-order valence-electron chi connectivity index (χ1n) is 14.1. The molecular weight excluding hydrogens is 495 g/mol. The highest BCUT2D eigenvalue weighted by Crippen LogP contribution is 2.49. The first-order chi connectivity index (χ1) is 18.8. The summed E-state index contributed by atoms with van der Waals surface area (Å²) < 4.78 is 14.7. The second-order valence-electron chi connectivity index (χ2n) is 11.8. The first kappa shape index (κ1) is 26.0. The number of rotatable bonds is 5. The summed E-state index contributed by atoms with van der Waals surface area (Å²) in [4.78, 5) is 35.1. The number of hydrogen-bond donors (Lipinski definition) is 2. The molecule has 2 N–H and O–H groups in total. The highest BCUT2D eigenvalue weighted by Gasteiger charge is 2.48. The monoisotopic (exact) mass is 532 g/mol. The van der Waals surface area contributed by atoms with Gasteiger partial charge in [0.2, 0.25) is 5.91 Å². The molecule has 3 aliphatic rings. The SMILES string of the molecule is CN(C)C(=O)c1ccc2c3c([nH]c2c1)C(CO)N(Cc1ccccc1F)CC31CCN(C(=O)C2CCC2)CC1. The summed E-state index contributed by atoms with van der Waals surface area (Å²) in [6.45, 7) is 2.31. The number of hydrogen-bond acceptors (Lipinski definition) is 4. The number of nitrogens with zero attached hydrogens (tertiary/aromatic N) is 3. The Labute approximate surface area is 228 Å². The molecule has 2 aliphatic heterocycles. The minimum absolute atomic E-state index is 0.0677. The Morgan fingerprint density at radius 2 is 1.87 bits per heavy atom. The van der Waals surface area contributed by atoms with Gasteiger partial charge in [-0.05, 0) is 49.4 Å². The minimum Gasteiger partial charge on any atom is -0.394 e. The van der Waals surface area contributed by atoms with E-state index in [4.69, 9.17) is 0 Å². The van der Waals surface area contributed by atoms with Crippen molar-refractivity contribution < 1.29 is 19.1 Å². The fourth-order valence-corrected chi connectivity index (χ4v) is 6.89. The van der Waals surface area contributed by atoms with E-state index in [1.54, 1.807) is 31.1 Å². The van der Waals surface area contributed by atoms with Crippen molar-refractivity contribution in [1.82, 2.24) is 19.7 Å². The predicted molar refractivity (Wildman–Crippen MR) is 148 cm³/mol. The van der Waals surface area contributed by atoms with Crippen molar-refractivity contribution >= 4 is 22.7 Å². The van der Waals surface area contributed by atoms with Crippen LogP contribution in [-0.4, -0.2) is 76.9 Å². The van der Waals surface area contributed by atoms with E-state index in [9.17, 15) is 19.1 Å². The summed E-state index contributed by atoms with van der Waals surface area (Å²) in [6, 6.07) is 12.3. The maximum Gasteiger partial charge on any atom is 0.253 e. The second kappa shape index (κ2) is 10.1. The van der Waals surface area contributed by atoms with Gasteiger partial charge in [-0.1, -0.05) is 30.7 Å². The molecule has 1 saturated carbocycles. The van der Waals surface area contributed by atoms with Crippen molar-refractivity contribution in [2.24, 2.45) is 5.92 Å². The number of H-pyrrole nitrogens is 1. The third kappa shape index (κ3) is 4.43. The molecule has 0 bridgehead atoms. The quantitative estimate of drug-likeness (QED) is 0.516. The summed E-state index contributed by atoms with van der Waals surface area (Å²) in [5, 5.41) is 11.7. The molecular formula is C31H37FN4O3. The van der Waals surface area contributed by atoms with Crippen molar-refractivity contribution in [1.29, 1.82) is 0 Å².